The molecule has 0 aliphatic rings. The molecule has 1 heterocycles. The Morgan fingerprint density at radius 1 is 1.33 bits per heavy atom. The molecule has 0 fully saturated rings. The smallest absolute Gasteiger partial charge is 0.232 e. The third-order valence-electron chi connectivity index (χ3n) is 3.31. The third-order valence-corrected chi connectivity index (χ3v) is 5.27. The number of anilines is 1. The number of nitriles is 1. The first kappa shape index (κ1) is 18.9. The van der Waals surface area contributed by atoms with Gasteiger partial charge in [0.2, 0.25) is 5.91 Å². The number of rotatable bonds is 4. The van der Waals surface area contributed by atoms with Gasteiger partial charge in [-0.05, 0) is 26.0 Å². The van der Waals surface area contributed by atoms with Gasteiger partial charge in [-0.25, -0.2) is 4.68 Å². The van der Waals surface area contributed by atoms with Crippen molar-refractivity contribution in [3.05, 3.63) is 39.0 Å². The van der Waals surface area contributed by atoms with E-state index in [1.165, 1.54) is 10.9 Å². The third kappa shape index (κ3) is 3.47. The van der Waals surface area contributed by atoms with E-state index in [-0.39, 0.29) is 38.2 Å². The van der Waals surface area contributed by atoms with Crippen LogP contribution in [-0.4, -0.2) is 21.6 Å². The van der Waals surface area contributed by atoms with Gasteiger partial charge in [-0.3, -0.25) is 4.79 Å². The molecule has 2 aromatic rings. The predicted molar refractivity (Wildman–Crippen MR) is 96.4 cm³/mol. The molecule has 0 saturated carbocycles. The second-order valence-electron chi connectivity index (χ2n) is 5.60. The number of aromatic nitrogens is 2. The van der Waals surface area contributed by atoms with Crippen LogP contribution in [0.1, 0.15) is 19.4 Å². The number of hydrogen-bond acceptors (Lipinski definition) is 3. The lowest BCUT2D eigenvalue weighted by Gasteiger charge is -2.21. The van der Waals surface area contributed by atoms with E-state index in [1.54, 1.807) is 26.0 Å². The van der Waals surface area contributed by atoms with E-state index >= 15 is 0 Å². The second-order valence-corrected chi connectivity index (χ2v) is 7.03. The number of amides is 1. The molecular formula is C15H12Cl4N4O. The summed E-state index contributed by atoms with van der Waals surface area (Å²) in [6, 6.07) is 5.11. The van der Waals surface area contributed by atoms with Crippen molar-refractivity contribution in [2.45, 2.75) is 13.8 Å². The molecule has 0 bridgehead atoms. The van der Waals surface area contributed by atoms with E-state index in [0.29, 0.717) is 5.69 Å². The average molecular weight is 406 g/mol. The zero-order chi connectivity index (χ0) is 18.1. The van der Waals surface area contributed by atoms with Gasteiger partial charge in [-0.15, -0.1) is 11.6 Å². The van der Waals surface area contributed by atoms with Gasteiger partial charge in [0, 0.05) is 5.88 Å². The lowest BCUT2D eigenvalue weighted by molar-refractivity contribution is -0.123. The van der Waals surface area contributed by atoms with Crippen molar-refractivity contribution in [3.63, 3.8) is 0 Å². The molecule has 24 heavy (non-hydrogen) atoms. The molecule has 9 heteroatoms. The highest BCUT2D eigenvalue weighted by Crippen LogP contribution is 2.36. The topological polar surface area (TPSA) is 70.7 Å². The lowest BCUT2D eigenvalue weighted by Crippen LogP contribution is -2.33. The highest BCUT2D eigenvalue weighted by Gasteiger charge is 2.29. The van der Waals surface area contributed by atoms with Crippen molar-refractivity contribution < 1.29 is 4.79 Å². The van der Waals surface area contributed by atoms with Crippen molar-refractivity contribution in [3.8, 4) is 11.8 Å². The minimum absolute atomic E-state index is 0.113. The summed E-state index contributed by atoms with van der Waals surface area (Å²) < 4.78 is 1.32. The molecule has 0 spiro atoms. The zero-order valence-corrected chi connectivity index (χ0v) is 15.7. The van der Waals surface area contributed by atoms with Crippen molar-refractivity contribution in [1.29, 1.82) is 5.26 Å². The molecular weight excluding hydrogens is 394 g/mol. The first-order chi connectivity index (χ1) is 11.2. The van der Waals surface area contributed by atoms with Gasteiger partial charge in [-0.2, -0.15) is 10.4 Å². The van der Waals surface area contributed by atoms with Crippen molar-refractivity contribution in [1.82, 2.24) is 9.78 Å². The van der Waals surface area contributed by atoms with Crippen LogP contribution < -0.4 is 5.32 Å². The summed E-state index contributed by atoms with van der Waals surface area (Å²) in [5, 5.41) is 16.6. The summed E-state index contributed by atoms with van der Waals surface area (Å²) in [6.07, 6.45) is 1.32. The van der Waals surface area contributed by atoms with E-state index in [4.69, 9.17) is 46.4 Å². The second kappa shape index (κ2) is 7.20. The largest absolute Gasteiger partial charge is 0.309 e. The normalized spacial score (nSPS) is 11.2. The molecule has 0 atom stereocenters. The molecule has 126 valence electrons. The molecule has 1 N–H and O–H groups in total. The van der Waals surface area contributed by atoms with Gasteiger partial charge in [0.15, 0.2) is 5.82 Å². The highest BCUT2D eigenvalue weighted by atomic mass is 35.5. The van der Waals surface area contributed by atoms with E-state index in [0.717, 1.165) is 0 Å². The van der Waals surface area contributed by atoms with Crippen LogP contribution in [0.2, 0.25) is 15.1 Å². The van der Waals surface area contributed by atoms with Crippen LogP contribution in [-0.2, 0) is 4.79 Å². The van der Waals surface area contributed by atoms with Gasteiger partial charge in [0.05, 0.1) is 32.4 Å². The minimum atomic E-state index is -0.829. The molecule has 1 aromatic heterocycles. The van der Waals surface area contributed by atoms with Gasteiger partial charge < -0.3 is 5.32 Å². The maximum atomic E-state index is 12.4. The van der Waals surface area contributed by atoms with Gasteiger partial charge in [0.1, 0.15) is 11.6 Å². The fraction of sp³-hybridized carbons (Fsp3) is 0.267. The number of carbonyl (C=O) groups excluding carboxylic acids is 1. The van der Waals surface area contributed by atoms with Crippen molar-refractivity contribution >= 4 is 58.1 Å². The lowest BCUT2D eigenvalue weighted by atomic mass is 9.95. The maximum absolute atomic E-state index is 12.4. The number of halogens is 4. The molecule has 0 radical (unpaired) electrons. The Labute approximate surface area is 159 Å². The summed E-state index contributed by atoms with van der Waals surface area (Å²) >= 11 is 24.0. The number of benzene rings is 1. The maximum Gasteiger partial charge on any atom is 0.232 e. The Balaban J connectivity index is 2.55. The summed E-state index contributed by atoms with van der Waals surface area (Å²) in [5.41, 5.74) is -0.271. The highest BCUT2D eigenvalue weighted by molar-refractivity contribution is 6.48. The van der Waals surface area contributed by atoms with Crippen LogP contribution in [0.5, 0.6) is 0 Å². The average Bonchev–Trinajstić information content (AvgIpc) is 2.95. The van der Waals surface area contributed by atoms with Crippen LogP contribution in [0.3, 0.4) is 0 Å². The Kier molecular flexibility index (Phi) is 5.67. The molecule has 0 aliphatic heterocycles. The van der Waals surface area contributed by atoms with Crippen molar-refractivity contribution in [2.24, 2.45) is 5.41 Å². The Bertz CT molecular complexity index is 839. The number of carbonyl (C=O) groups is 1. The van der Waals surface area contributed by atoms with Crippen LogP contribution in [0.15, 0.2) is 18.3 Å². The van der Waals surface area contributed by atoms with Gasteiger partial charge in [0.25, 0.3) is 0 Å². The van der Waals surface area contributed by atoms with Crippen LogP contribution in [0, 0.1) is 16.7 Å². The predicted octanol–water partition coefficient (Wildman–Crippen LogP) is 4.91. The first-order valence-electron chi connectivity index (χ1n) is 6.72. The van der Waals surface area contributed by atoms with Crippen molar-refractivity contribution in [2.75, 3.05) is 11.2 Å². The Morgan fingerprint density at radius 2 is 2.00 bits per heavy atom. The molecule has 5 nitrogen and oxygen atoms in total. The SMILES string of the molecule is CC(C)(CCl)C(=O)Nc1c(C#N)cnn1-c1ccc(Cl)c(Cl)c1Cl. The van der Waals surface area contributed by atoms with Crippen LogP contribution in [0.4, 0.5) is 5.82 Å². The van der Waals surface area contributed by atoms with E-state index < -0.39 is 5.41 Å². The molecule has 1 amide bonds. The summed E-state index contributed by atoms with van der Waals surface area (Å²) in [7, 11) is 0. The first-order valence-corrected chi connectivity index (χ1v) is 8.39. The van der Waals surface area contributed by atoms with E-state index in [9.17, 15) is 10.1 Å². The molecule has 0 aliphatic carbocycles. The Morgan fingerprint density at radius 3 is 2.58 bits per heavy atom. The minimum Gasteiger partial charge on any atom is -0.309 e. The standard InChI is InChI=1S/C15H12Cl4N4O/c1-15(2,7-16)14(24)22-13-8(5-20)6-21-23(13)10-4-3-9(17)11(18)12(10)19/h3-4,6H,7H2,1-2H3,(H,22,24). The van der Waals surface area contributed by atoms with Crippen LogP contribution in [0.25, 0.3) is 5.69 Å². The summed E-state index contributed by atoms with van der Waals surface area (Å²) in [6.45, 7) is 3.38. The summed E-state index contributed by atoms with van der Waals surface area (Å²) in [5.74, 6) is -0.0597. The summed E-state index contributed by atoms with van der Waals surface area (Å²) in [4.78, 5) is 12.4. The number of hydrogen-bond donors (Lipinski definition) is 1. The van der Waals surface area contributed by atoms with Gasteiger partial charge in [-0.1, -0.05) is 34.8 Å². The fourth-order valence-electron chi connectivity index (χ4n) is 1.75. The monoisotopic (exact) mass is 404 g/mol. The quantitative estimate of drug-likeness (QED) is 0.580. The van der Waals surface area contributed by atoms with E-state index in [2.05, 4.69) is 10.4 Å². The van der Waals surface area contributed by atoms with Crippen LogP contribution >= 0.6 is 46.4 Å². The molecule has 2 rings (SSSR count). The molecule has 0 unspecified atom stereocenters. The van der Waals surface area contributed by atoms with E-state index in [1.807, 2.05) is 6.07 Å². The zero-order valence-electron chi connectivity index (χ0n) is 12.7. The fourth-order valence-corrected chi connectivity index (χ4v) is 2.48. The molecule has 1 aromatic carbocycles. The Hall–Kier alpha value is -1.45. The number of alkyl halides is 1. The van der Waals surface area contributed by atoms with Gasteiger partial charge >= 0.3 is 0 Å². The number of nitrogens with zero attached hydrogens (tertiary/aromatic N) is 3. The molecule has 0 saturated heterocycles. The number of nitrogens with one attached hydrogen (secondary N) is 1.